The van der Waals surface area contributed by atoms with Crippen molar-refractivity contribution in [3.8, 4) is 0 Å². The largest absolute Gasteiger partial charge is 0.479 e. The molecule has 2 aromatic rings. The maximum absolute atomic E-state index is 13.5. The average molecular weight is 448 g/mol. The van der Waals surface area contributed by atoms with Crippen molar-refractivity contribution in [2.75, 3.05) is 6.54 Å². The SMILES string of the molecule is CC(c1ccc(F)cc1)N(CCCCc1ccccc1)C(=O)NC1(C(=O)O)CC(F)(F)C1. The van der Waals surface area contributed by atoms with Crippen LogP contribution in [0.5, 0.6) is 0 Å². The maximum Gasteiger partial charge on any atom is 0.329 e. The van der Waals surface area contributed by atoms with Crippen LogP contribution < -0.4 is 5.32 Å². The van der Waals surface area contributed by atoms with Gasteiger partial charge in [0.2, 0.25) is 0 Å². The molecule has 0 saturated heterocycles. The lowest BCUT2D eigenvalue weighted by Crippen LogP contribution is -2.68. The number of nitrogens with zero attached hydrogens (tertiary/aromatic N) is 1. The molecule has 3 rings (SSSR count). The quantitative estimate of drug-likeness (QED) is 0.520. The molecule has 1 aliphatic rings. The number of carbonyl (C=O) groups excluding carboxylic acids is 1. The molecule has 0 radical (unpaired) electrons. The van der Waals surface area contributed by atoms with Crippen molar-refractivity contribution in [1.29, 1.82) is 0 Å². The third kappa shape index (κ3) is 5.60. The summed E-state index contributed by atoms with van der Waals surface area (Å²) < 4.78 is 40.2. The number of carboxylic acid groups (broad SMARTS) is 1. The number of nitrogens with one attached hydrogen (secondary N) is 1. The predicted molar refractivity (Wildman–Crippen MR) is 114 cm³/mol. The summed E-state index contributed by atoms with van der Waals surface area (Å²) in [5.74, 6) is -5.01. The zero-order chi connectivity index (χ0) is 23.4. The second-order valence-corrected chi connectivity index (χ2v) is 8.39. The van der Waals surface area contributed by atoms with E-state index in [2.05, 4.69) is 5.32 Å². The summed E-state index contributed by atoms with van der Waals surface area (Å²) in [5, 5.41) is 11.8. The number of benzene rings is 2. The van der Waals surface area contributed by atoms with Crippen LogP contribution in [0.2, 0.25) is 0 Å². The number of carboxylic acids is 1. The summed E-state index contributed by atoms with van der Waals surface area (Å²) >= 11 is 0. The Morgan fingerprint density at radius 2 is 1.69 bits per heavy atom. The number of amides is 2. The fourth-order valence-electron chi connectivity index (χ4n) is 4.05. The molecule has 2 amide bonds. The normalized spacial score (nSPS) is 17.1. The van der Waals surface area contributed by atoms with Crippen LogP contribution in [0, 0.1) is 5.82 Å². The van der Waals surface area contributed by atoms with Gasteiger partial charge in [-0.1, -0.05) is 42.5 Å². The van der Waals surface area contributed by atoms with E-state index in [0.29, 0.717) is 18.5 Å². The van der Waals surface area contributed by atoms with Gasteiger partial charge >= 0.3 is 12.0 Å². The molecule has 2 aromatic carbocycles. The third-order valence-corrected chi connectivity index (χ3v) is 5.91. The van der Waals surface area contributed by atoms with Gasteiger partial charge in [-0.2, -0.15) is 0 Å². The summed E-state index contributed by atoms with van der Waals surface area (Å²) in [6.07, 6.45) is 0.352. The van der Waals surface area contributed by atoms with Gasteiger partial charge in [-0.25, -0.2) is 22.8 Å². The van der Waals surface area contributed by atoms with E-state index in [9.17, 15) is 27.9 Å². The van der Waals surface area contributed by atoms with Crippen molar-refractivity contribution < 1.29 is 27.9 Å². The Hall–Kier alpha value is -3.03. The van der Waals surface area contributed by atoms with Gasteiger partial charge in [0.05, 0.1) is 6.04 Å². The summed E-state index contributed by atoms with van der Waals surface area (Å²) in [7, 11) is 0. The van der Waals surface area contributed by atoms with Crippen LogP contribution in [0.15, 0.2) is 54.6 Å². The molecule has 0 spiro atoms. The molecule has 8 heteroatoms. The number of urea groups is 1. The van der Waals surface area contributed by atoms with E-state index in [1.165, 1.54) is 17.0 Å². The molecular weight excluding hydrogens is 421 g/mol. The molecule has 172 valence electrons. The van der Waals surface area contributed by atoms with Gasteiger partial charge in [-0.05, 0) is 49.4 Å². The monoisotopic (exact) mass is 448 g/mol. The number of halogens is 3. The minimum Gasteiger partial charge on any atom is -0.479 e. The van der Waals surface area contributed by atoms with Crippen LogP contribution in [-0.2, 0) is 11.2 Å². The highest BCUT2D eigenvalue weighted by Crippen LogP contribution is 2.46. The summed E-state index contributed by atoms with van der Waals surface area (Å²) in [5.41, 5.74) is -0.157. The first kappa shape index (κ1) is 23.6. The summed E-state index contributed by atoms with van der Waals surface area (Å²) in [6.45, 7) is 2.04. The zero-order valence-corrected chi connectivity index (χ0v) is 17.9. The summed E-state index contributed by atoms with van der Waals surface area (Å²) in [6, 6.07) is 14.3. The Bertz CT molecular complexity index is 927. The number of alkyl halides is 2. The number of carbonyl (C=O) groups is 2. The van der Waals surface area contributed by atoms with E-state index in [1.807, 2.05) is 30.3 Å². The number of hydrogen-bond acceptors (Lipinski definition) is 2. The van der Waals surface area contributed by atoms with Crippen LogP contribution in [0.4, 0.5) is 18.0 Å². The van der Waals surface area contributed by atoms with Gasteiger partial charge < -0.3 is 15.3 Å². The molecule has 0 aromatic heterocycles. The predicted octanol–water partition coefficient (Wildman–Crippen LogP) is 5.17. The molecule has 1 atom stereocenters. The minimum atomic E-state index is -3.12. The van der Waals surface area contributed by atoms with Gasteiger partial charge in [0, 0.05) is 19.4 Å². The van der Waals surface area contributed by atoms with Crippen molar-refractivity contribution in [2.45, 2.75) is 56.5 Å². The molecule has 0 aliphatic heterocycles. The zero-order valence-electron chi connectivity index (χ0n) is 17.9. The van der Waals surface area contributed by atoms with Crippen molar-refractivity contribution in [3.63, 3.8) is 0 Å². The first-order valence-electron chi connectivity index (χ1n) is 10.6. The first-order chi connectivity index (χ1) is 15.1. The van der Waals surface area contributed by atoms with E-state index in [4.69, 9.17) is 0 Å². The Balaban J connectivity index is 1.71. The van der Waals surface area contributed by atoms with E-state index < -0.39 is 48.2 Å². The molecule has 0 heterocycles. The number of unbranched alkanes of at least 4 members (excludes halogenated alkanes) is 1. The maximum atomic E-state index is 13.5. The molecule has 32 heavy (non-hydrogen) atoms. The highest BCUT2D eigenvalue weighted by Gasteiger charge is 2.62. The van der Waals surface area contributed by atoms with Crippen molar-refractivity contribution >= 4 is 12.0 Å². The number of rotatable bonds is 9. The van der Waals surface area contributed by atoms with Crippen molar-refractivity contribution in [2.24, 2.45) is 0 Å². The first-order valence-corrected chi connectivity index (χ1v) is 10.6. The summed E-state index contributed by atoms with van der Waals surface area (Å²) in [4.78, 5) is 26.1. The van der Waals surface area contributed by atoms with Gasteiger partial charge in [-0.3, -0.25) is 0 Å². The van der Waals surface area contributed by atoms with Crippen LogP contribution >= 0.6 is 0 Å². The minimum absolute atomic E-state index is 0.295. The molecule has 1 saturated carbocycles. The Morgan fingerprint density at radius 1 is 1.06 bits per heavy atom. The van der Waals surface area contributed by atoms with E-state index in [1.54, 1.807) is 19.1 Å². The Kier molecular flexibility index (Phi) is 7.11. The van der Waals surface area contributed by atoms with Crippen LogP contribution in [-0.4, -0.2) is 40.0 Å². The standard InChI is InChI=1S/C24H27F3N2O3/c1-17(19-10-12-20(25)13-11-19)29(14-6-5-9-18-7-3-2-4-8-18)22(32)28-23(21(30)31)15-24(26,27)16-23/h2-4,7-8,10-13,17H,5-6,9,14-16H2,1H3,(H,28,32)(H,30,31). The highest BCUT2D eigenvalue weighted by molar-refractivity contribution is 5.87. The lowest BCUT2D eigenvalue weighted by Gasteiger charge is -2.45. The second kappa shape index (κ2) is 9.63. The average Bonchev–Trinajstić information content (AvgIpc) is 2.73. The number of aryl methyl sites for hydroxylation is 1. The Morgan fingerprint density at radius 3 is 2.25 bits per heavy atom. The van der Waals surface area contributed by atoms with Gasteiger partial charge in [0.25, 0.3) is 5.92 Å². The molecular formula is C24H27F3N2O3. The van der Waals surface area contributed by atoms with Gasteiger partial charge in [0.15, 0.2) is 5.54 Å². The van der Waals surface area contributed by atoms with E-state index >= 15 is 0 Å². The molecule has 1 unspecified atom stereocenters. The third-order valence-electron chi connectivity index (χ3n) is 5.91. The smallest absolute Gasteiger partial charge is 0.329 e. The second-order valence-electron chi connectivity index (χ2n) is 8.39. The van der Waals surface area contributed by atoms with Gasteiger partial charge in [0.1, 0.15) is 5.82 Å². The molecule has 0 bridgehead atoms. The fourth-order valence-corrected chi connectivity index (χ4v) is 4.05. The molecule has 2 N–H and O–H groups in total. The molecule has 1 fully saturated rings. The Labute approximate surface area is 185 Å². The highest BCUT2D eigenvalue weighted by atomic mass is 19.3. The van der Waals surface area contributed by atoms with Crippen LogP contribution in [0.25, 0.3) is 0 Å². The number of hydrogen-bond donors (Lipinski definition) is 2. The number of aliphatic carboxylic acids is 1. The molecule has 1 aliphatic carbocycles. The van der Waals surface area contributed by atoms with E-state index in [-0.39, 0.29) is 0 Å². The lowest BCUT2D eigenvalue weighted by molar-refractivity contribution is -0.175. The van der Waals surface area contributed by atoms with Crippen molar-refractivity contribution in [3.05, 3.63) is 71.5 Å². The fraction of sp³-hybridized carbons (Fsp3) is 0.417. The lowest BCUT2D eigenvalue weighted by atomic mass is 9.73. The van der Waals surface area contributed by atoms with Crippen molar-refractivity contribution in [1.82, 2.24) is 10.2 Å². The van der Waals surface area contributed by atoms with Crippen LogP contribution in [0.1, 0.15) is 49.8 Å². The molecule has 5 nitrogen and oxygen atoms in total. The topological polar surface area (TPSA) is 69.6 Å². The van der Waals surface area contributed by atoms with Gasteiger partial charge in [-0.15, -0.1) is 0 Å². The van der Waals surface area contributed by atoms with E-state index in [0.717, 1.165) is 18.4 Å². The van der Waals surface area contributed by atoms with Crippen LogP contribution in [0.3, 0.4) is 0 Å².